The van der Waals surface area contributed by atoms with E-state index >= 15 is 0 Å². The number of carbonyl (C=O) groups excluding carboxylic acids is 2. The van der Waals surface area contributed by atoms with Crippen LogP contribution in [0.5, 0.6) is 0 Å². The molecule has 0 amide bonds. The van der Waals surface area contributed by atoms with Gasteiger partial charge in [0.25, 0.3) is 0 Å². The highest BCUT2D eigenvalue weighted by molar-refractivity contribution is 8.14. The van der Waals surface area contributed by atoms with Gasteiger partial charge in [-0.2, -0.15) is 0 Å². The van der Waals surface area contributed by atoms with Crippen molar-refractivity contribution in [1.82, 2.24) is 0 Å². The minimum atomic E-state index is -0.0582. The van der Waals surface area contributed by atoms with Gasteiger partial charge in [-0.15, -0.1) is 0 Å². The first-order valence-electron chi connectivity index (χ1n) is 9.65. The Labute approximate surface area is 191 Å². The summed E-state index contributed by atoms with van der Waals surface area (Å²) < 4.78 is 0. The molecule has 3 aromatic rings. The number of hydrogen-bond acceptors (Lipinski definition) is 4. The molecule has 0 N–H and O–H groups in total. The molecule has 0 unspecified atom stereocenters. The summed E-state index contributed by atoms with van der Waals surface area (Å²) in [6, 6.07) is 24.1. The molecule has 31 heavy (non-hydrogen) atoms. The van der Waals surface area contributed by atoms with Crippen LogP contribution in [-0.2, 0) is 9.59 Å². The smallest absolute Gasteiger partial charge is 0.219 e. The molecule has 0 saturated heterocycles. The van der Waals surface area contributed by atoms with Crippen LogP contribution < -0.4 is 0 Å². The van der Waals surface area contributed by atoms with Crippen LogP contribution >= 0.6 is 23.5 Å². The molecule has 0 aromatic heterocycles. The van der Waals surface area contributed by atoms with Gasteiger partial charge in [-0.25, -0.2) is 0 Å². The fourth-order valence-electron chi connectivity index (χ4n) is 2.69. The van der Waals surface area contributed by atoms with E-state index in [0.29, 0.717) is 5.57 Å². The van der Waals surface area contributed by atoms with E-state index in [2.05, 4.69) is 43.5 Å². The van der Waals surface area contributed by atoms with Gasteiger partial charge in [0.15, 0.2) is 0 Å². The van der Waals surface area contributed by atoms with Crippen LogP contribution in [-0.4, -0.2) is 10.2 Å². The summed E-state index contributed by atoms with van der Waals surface area (Å²) in [5.41, 5.74) is 4.94. The molecule has 154 valence electrons. The maximum Gasteiger partial charge on any atom is 0.219 e. The van der Waals surface area contributed by atoms with E-state index in [0.717, 1.165) is 32.0 Å². The van der Waals surface area contributed by atoms with Gasteiger partial charge < -0.3 is 0 Å². The zero-order valence-corrected chi connectivity index (χ0v) is 18.8. The molecular formula is C27H22O2S2. The lowest BCUT2D eigenvalue weighted by molar-refractivity contribution is -0.108. The Balaban J connectivity index is 1.63. The summed E-state index contributed by atoms with van der Waals surface area (Å²) in [5.74, 6) is 0. The quantitative estimate of drug-likeness (QED) is 0.215. The lowest BCUT2D eigenvalue weighted by Crippen LogP contribution is -1.90. The van der Waals surface area contributed by atoms with Crippen LogP contribution in [0.3, 0.4) is 0 Å². The maximum absolute atomic E-state index is 11.8. The van der Waals surface area contributed by atoms with E-state index in [-0.39, 0.29) is 10.2 Å². The summed E-state index contributed by atoms with van der Waals surface area (Å²) in [4.78, 5) is 25.0. The SMILES string of the molecule is C=CC(=O)Sc1ccc(/C=C/c2ccc(-c3ccc(SC(=O)C(=C)C)cc3)cc2)cc1. The van der Waals surface area contributed by atoms with Crippen LogP contribution in [0.1, 0.15) is 18.1 Å². The zero-order valence-electron chi connectivity index (χ0n) is 17.2. The van der Waals surface area contributed by atoms with E-state index in [1.165, 1.54) is 29.6 Å². The van der Waals surface area contributed by atoms with E-state index in [4.69, 9.17) is 0 Å². The third-order valence-corrected chi connectivity index (χ3v) is 6.31. The Morgan fingerprint density at radius 3 is 1.61 bits per heavy atom. The number of thioether (sulfide) groups is 2. The second-order valence-electron chi connectivity index (χ2n) is 6.84. The van der Waals surface area contributed by atoms with Gasteiger partial charge in [-0.05, 0) is 88.6 Å². The van der Waals surface area contributed by atoms with Crippen molar-refractivity contribution in [2.75, 3.05) is 0 Å². The van der Waals surface area contributed by atoms with Crippen molar-refractivity contribution < 1.29 is 9.59 Å². The summed E-state index contributed by atoms with van der Waals surface area (Å²) in [5, 5.41) is -0.0698. The van der Waals surface area contributed by atoms with E-state index in [1.54, 1.807) is 6.92 Å². The van der Waals surface area contributed by atoms with Gasteiger partial charge in [0, 0.05) is 9.79 Å². The molecule has 2 nitrogen and oxygen atoms in total. The van der Waals surface area contributed by atoms with Gasteiger partial charge in [0.2, 0.25) is 10.2 Å². The summed E-state index contributed by atoms with van der Waals surface area (Å²) in [7, 11) is 0. The third kappa shape index (κ3) is 6.71. The fourth-order valence-corrected chi connectivity index (χ4v) is 3.94. The predicted molar refractivity (Wildman–Crippen MR) is 134 cm³/mol. The molecule has 0 radical (unpaired) electrons. The van der Waals surface area contributed by atoms with E-state index < -0.39 is 0 Å². The molecule has 0 aliphatic carbocycles. The first-order valence-corrected chi connectivity index (χ1v) is 11.3. The number of benzene rings is 3. The molecule has 0 aliphatic rings. The minimum absolute atomic E-state index is 0.0115. The third-order valence-electron chi connectivity index (χ3n) is 4.39. The Bertz CT molecular complexity index is 1120. The Morgan fingerprint density at radius 1 is 0.710 bits per heavy atom. The fraction of sp³-hybridized carbons (Fsp3) is 0.0370. The molecule has 3 aromatic carbocycles. The average Bonchev–Trinajstić information content (AvgIpc) is 2.79. The molecule has 0 atom stereocenters. The van der Waals surface area contributed by atoms with Gasteiger partial charge in [-0.1, -0.05) is 73.8 Å². The summed E-state index contributed by atoms with van der Waals surface area (Å²) >= 11 is 2.37. The molecule has 0 heterocycles. The summed E-state index contributed by atoms with van der Waals surface area (Å²) in [6.07, 6.45) is 5.42. The van der Waals surface area contributed by atoms with Gasteiger partial charge >= 0.3 is 0 Å². The first kappa shape index (κ1) is 22.6. The van der Waals surface area contributed by atoms with Crippen LogP contribution in [0.25, 0.3) is 23.3 Å². The summed E-state index contributed by atoms with van der Waals surface area (Å²) in [6.45, 7) is 8.89. The Hall–Kier alpha value is -3.08. The van der Waals surface area contributed by atoms with Gasteiger partial charge in [0.05, 0.1) is 0 Å². The van der Waals surface area contributed by atoms with Gasteiger partial charge in [-0.3, -0.25) is 9.59 Å². The Morgan fingerprint density at radius 2 is 1.13 bits per heavy atom. The molecule has 0 spiro atoms. The van der Waals surface area contributed by atoms with Crippen molar-refractivity contribution in [2.45, 2.75) is 16.7 Å². The highest BCUT2D eigenvalue weighted by Gasteiger charge is 2.06. The number of hydrogen-bond donors (Lipinski definition) is 0. The van der Waals surface area contributed by atoms with Gasteiger partial charge in [0.1, 0.15) is 0 Å². The first-order chi connectivity index (χ1) is 14.9. The average molecular weight is 443 g/mol. The minimum Gasteiger partial charge on any atom is -0.282 e. The second-order valence-corrected chi connectivity index (χ2v) is 8.97. The highest BCUT2D eigenvalue weighted by atomic mass is 32.2. The van der Waals surface area contributed by atoms with Crippen LogP contribution in [0.15, 0.2) is 107 Å². The molecule has 0 aliphatic heterocycles. The van der Waals surface area contributed by atoms with E-state index in [9.17, 15) is 9.59 Å². The van der Waals surface area contributed by atoms with E-state index in [1.807, 2.05) is 54.6 Å². The number of carbonyl (C=O) groups is 2. The van der Waals surface area contributed by atoms with Crippen molar-refractivity contribution in [1.29, 1.82) is 0 Å². The second kappa shape index (κ2) is 10.8. The molecule has 3 rings (SSSR count). The van der Waals surface area contributed by atoms with Crippen molar-refractivity contribution in [2.24, 2.45) is 0 Å². The van der Waals surface area contributed by atoms with Crippen LogP contribution in [0.4, 0.5) is 0 Å². The molecule has 0 bridgehead atoms. The van der Waals surface area contributed by atoms with Crippen molar-refractivity contribution in [3.05, 3.63) is 109 Å². The van der Waals surface area contributed by atoms with Crippen molar-refractivity contribution in [3.8, 4) is 11.1 Å². The zero-order chi connectivity index (χ0) is 22.2. The Kier molecular flexibility index (Phi) is 7.88. The lowest BCUT2D eigenvalue weighted by Gasteiger charge is -2.05. The highest BCUT2D eigenvalue weighted by Crippen LogP contribution is 2.26. The standard InChI is InChI=1S/C27H22O2S2/c1-4-26(28)30-24-15-9-21(10-16-24)6-5-20-7-11-22(12-8-20)23-13-17-25(18-14-23)31-27(29)19(2)3/h4-18H,1-2H2,3H3/b6-5+. The number of rotatable bonds is 7. The topological polar surface area (TPSA) is 34.1 Å². The lowest BCUT2D eigenvalue weighted by atomic mass is 10.0. The largest absolute Gasteiger partial charge is 0.282 e. The predicted octanol–water partition coefficient (Wildman–Crippen LogP) is 7.52. The maximum atomic E-state index is 11.8. The molecule has 0 fully saturated rings. The molecule has 0 saturated carbocycles. The molecular weight excluding hydrogens is 420 g/mol. The van der Waals surface area contributed by atoms with Crippen LogP contribution in [0, 0.1) is 0 Å². The molecule has 4 heteroatoms. The monoisotopic (exact) mass is 442 g/mol. The van der Waals surface area contributed by atoms with Crippen LogP contribution in [0.2, 0.25) is 0 Å². The van der Waals surface area contributed by atoms with Crippen molar-refractivity contribution in [3.63, 3.8) is 0 Å². The van der Waals surface area contributed by atoms with Crippen molar-refractivity contribution >= 4 is 45.9 Å². The normalized spacial score (nSPS) is 10.7.